The number of sulfonamides is 1. The fourth-order valence-corrected chi connectivity index (χ4v) is 2.93. The van der Waals surface area contributed by atoms with E-state index in [1.54, 1.807) is 12.1 Å². The van der Waals surface area contributed by atoms with Crippen molar-refractivity contribution in [2.45, 2.75) is 17.7 Å². The van der Waals surface area contributed by atoms with Crippen molar-refractivity contribution in [2.75, 3.05) is 13.7 Å². The SMILES string of the molecule is COC(=O)CCCNS(=O)(=O)c1cccc(Br)c1. The molecule has 0 amide bonds. The molecule has 0 aliphatic carbocycles. The van der Waals surface area contributed by atoms with Crippen molar-refractivity contribution in [2.24, 2.45) is 0 Å². The van der Waals surface area contributed by atoms with E-state index in [9.17, 15) is 13.2 Å². The van der Waals surface area contributed by atoms with Crippen molar-refractivity contribution < 1.29 is 17.9 Å². The van der Waals surface area contributed by atoms with E-state index in [1.807, 2.05) is 0 Å². The summed E-state index contributed by atoms with van der Waals surface area (Å²) in [6.45, 7) is 0.198. The molecule has 7 heteroatoms. The van der Waals surface area contributed by atoms with Gasteiger partial charge in [-0.1, -0.05) is 22.0 Å². The quantitative estimate of drug-likeness (QED) is 0.634. The summed E-state index contributed by atoms with van der Waals surface area (Å²) >= 11 is 3.21. The van der Waals surface area contributed by atoms with E-state index in [0.717, 1.165) is 0 Å². The van der Waals surface area contributed by atoms with E-state index in [4.69, 9.17) is 0 Å². The molecule has 0 saturated carbocycles. The average molecular weight is 336 g/mol. The number of hydrogen-bond donors (Lipinski definition) is 1. The summed E-state index contributed by atoms with van der Waals surface area (Å²) in [7, 11) is -2.22. The van der Waals surface area contributed by atoms with E-state index >= 15 is 0 Å². The Morgan fingerprint density at radius 1 is 1.44 bits per heavy atom. The monoisotopic (exact) mass is 335 g/mol. The second-order valence-electron chi connectivity index (χ2n) is 3.53. The zero-order chi connectivity index (χ0) is 13.6. The number of methoxy groups -OCH3 is 1. The van der Waals surface area contributed by atoms with Crippen LogP contribution in [0.2, 0.25) is 0 Å². The van der Waals surface area contributed by atoms with E-state index < -0.39 is 10.0 Å². The van der Waals surface area contributed by atoms with Crippen LogP contribution in [0.3, 0.4) is 0 Å². The van der Waals surface area contributed by atoms with E-state index in [1.165, 1.54) is 19.2 Å². The van der Waals surface area contributed by atoms with Crippen LogP contribution in [0, 0.1) is 0 Å². The minimum absolute atomic E-state index is 0.190. The molecule has 0 spiro atoms. The number of nitrogens with one attached hydrogen (secondary N) is 1. The molecule has 1 aromatic carbocycles. The number of esters is 1. The Labute approximate surface area is 115 Å². The normalized spacial score (nSPS) is 11.2. The van der Waals surface area contributed by atoms with Crippen molar-refractivity contribution in [1.29, 1.82) is 0 Å². The molecule has 0 atom stereocenters. The van der Waals surface area contributed by atoms with Gasteiger partial charge in [-0.25, -0.2) is 13.1 Å². The molecule has 1 rings (SSSR count). The maximum absolute atomic E-state index is 11.9. The molecular weight excluding hydrogens is 322 g/mol. The summed E-state index contributed by atoms with van der Waals surface area (Å²) in [4.78, 5) is 11.0. The van der Waals surface area contributed by atoms with Crippen LogP contribution in [-0.2, 0) is 19.6 Å². The average Bonchev–Trinajstić information content (AvgIpc) is 2.34. The zero-order valence-electron chi connectivity index (χ0n) is 9.85. The maximum atomic E-state index is 11.9. The van der Waals surface area contributed by atoms with E-state index in [2.05, 4.69) is 25.4 Å². The molecule has 18 heavy (non-hydrogen) atoms. The Morgan fingerprint density at radius 3 is 2.78 bits per heavy atom. The standard InChI is InChI=1S/C11H14BrNO4S/c1-17-11(14)6-3-7-13-18(15,16)10-5-2-4-9(12)8-10/h2,4-5,8,13H,3,6-7H2,1H3. The van der Waals surface area contributed by atoms with Crippen LogP contribution in [-0.4, -0.2) is 28.0 Å². The summed E-state index contributed by atoms with van der Waals surface area (Å²) in [5, 5.41) is 0. The Morgan fingerprint density at radius 2 is 2.17 bits per heavy atom. The van der Waals surface area contributed by atoms with Gasteiger partial charge in [0.1, 0.15) is 0 Å². The Bertz CT molecular complexity index is 516. The van der Waals surface area contributed by atoms with Crippen LogP contribution < -0.4 is 4.72 Å². The maximum Gasteiger partial charge on any atom is 0.305 e. The summed E-state index contributed by atoms with van der Waals surface area (Å²) in [6.07, 6.45) is 0.595. The first-order valence-electron chi connectivity index (χ1n) is 5.28. The summed E-state index contributed by atoms with van der Waals surface area (Å²) in [5.41, 5.74) is 0. The number of halogens is 1. The van der Waals surface area contributed by atoms with Crippen molar-refractivity contribution >= 4 is 31.9 Å². The lowest BCUT2D eigenvalue weighted by Crippen LogP contribution is -2.25. The van der Waals surface area contributed by atoms with Gasteiger partial charge in [0.05, 0.1) is 12.0 Å². The lowest BCUT2D eigenvalue weighted by Gasteiger charge is -2.06. The topological polar surface area (TPSA) is 72.5 Å². The highest BCUT2D eigenvalue weighted by atomic mass is 79.9. The molecule has 100 valence electrons. The molecule has 0 radical (unpaired) electrons. The second-order valence-corrected chi connectivity index (χ2v) is 6.22. The highest BCUT2D eigenvalue weighted by molar-refractivity contribution is 9.10. The van der Waals surface area contributed by atoms with Crippen LogP contribution in [0.5, 0.6) is 0 Å². The van der Waals surface area contributed by atoms with Crippen LogP contribution in [0.4, 0.5) is 0 Å². The molecule has 0 unspecified atom stereocenters. The molecule has 0 aliphatic heterocycles. The third-order valence-corrected chi connectivity index (χ3v) is 4.14. The fourth-order valence-electron chi connectivity index (χ4n) is 1.26. The van der Waals surface area contributed by atoms with Crippen LogP contribution >= 0.6 is 15.9 Å². The second kappa shape index (κ2) is 6.86. The third kappa shape index (κ3) is 4.75. The van der Waals surface area contributed by atoms with Gasteiger partial charge in [-0.3, -0.25) is 4.79 Å². The number of ether oxygens (including phenoxy) is 1. The summed E-state index contributed by atoms with van der Waals surface area (Å²) < 4.78 is 31.3. The summed E-state index contributed by atoms with van der Waals surface area (Å²) in [6, 6.07) is 6.42. The molecule has 0 bridgehead atoms. The third-order valence-electron chi connectivity index (χ3n) is 2.18. The first kappa shape index (κ1) is 15.1. The van der Waals surface area contributed by atoms with Gasteiger partial charge < -0.3 is 4.74 Å². The van der Waals surface area contributed by atoms with E-state index in [0.29, 0.717) is 10.9 Å². The zero-order valence-corrected chi connectivity index (χ0v) is 12.3. The Kier molecular flexibility index (Phi) is 5.77. The Hall–Kier alpha value is -0.920. The minimum atomic E-state index is -3.52. The van der Waals surface area contributed by atoms with Crippen molar-refractivity contribution in [3.05, 3.63) is 28.7 Å². The lowest BCUT2D eigenvalue weighted by atomic mass is 10.3. The molecule has 0 aromatic heterocycles. The molecule has 0 fully saturated rings. The van der Waals surface area contributed by atoms with Gasteiger partial charge in [0.25, 0.3) is 0 Å². The molecule has 5 nitrogen and oxygen atoms in total. The number of benzene rings is 1. The van der Waals surface area contributed by atoms with E-state index in [-0.39, 0.29) is 23.8 Å². The van der Waals surface area contributed by atoms with Crippen molar-refractivity contribution in [3.63, 3.8) is 0 Å². The predicted octanol–water partition coefficient (Wildman–Crippen LogP) is 1.68. The number of carbonyl (C=O) groups is 1. The number of rotatable bonds is 6. The molecule has 0 heterocycles. The van der Waals surface area contributed by atoms with Gasteiger partial charge in [-0.05, 0) is 24.6 Å². The van der Waals surface area contributed by atoms with Crippen LogP contribution in [0.25, 0.3) is 0 Å². The van der Waals surface area contributed by atoms with Crippen LogP contribution in [0.15, 0.2) is 33.6 Å². The largest absolute Gasteiger partial charge is 0.469 e. The highest BCUT2D eigenvalue weighted by Gasteiger charge is 2.13. The van der Waals surface area contributed by atoms with Crippen molar-refractivity contribution in [3.8, 4) is 0 Å². The molecule has 1 aromatic rings. The molecule has 1 N–H and O–H groups in total. The van der Waals surface area contributed by atoms with Crippen molar-refractivity contribution in [1.82, 2.24) is 4.72 Å². The van der Waals surface area contributed by atoms with Gasteiger partial charge in [-0.2, -0.15) is 0 Å². The lowest BCUT2D eigenvalue weighted by molar-refractivity contribution is -0.140. The predicted molar refractivity (Wildman–Crippen MR) is 70.6 cm³/mol. The van der Waals surface area contributed by atoms with Gasteiger partial charge in [-0.15, -0.1) is 0 Å². The number of carbonyl (C=O) groups excluding carboxylic acids is 1. The first-order valence-corrected chi connectivity index (χ1v) is 7.55. The smallest absolute Gasteiger partial charge is 0.305 e. The summed E-state index contributed by atoms with van der Waals surface area (Å²) in [5.74, 6) is -0.350. The van der Waals surface area contributed by atoms with Gasteiger partial charge in [0.15, 0.2) is 0 Å². The van der Waals surface area contributed by atoms with Gasteiger partial charge >= 0.3 is 5.97 Å². The highest BCUT2D eigenvalue weighted by Crippen LogP contribution is 2.15. The van der Waals surface area contributed by atoms with Gasteiger partial charge in [0.2, 0.25) is 10.0 Å². The number of hydrogen-bond acceptors (Lipinski definition) is 4. The fraction of sp³-hybridized carbons (Fsp3) is 0.364. The molecular formula is C11H14BrNO4S. The molecule has 0 aliphatic rings. The first-order chi connectivity index (χ1) is 8.45. The Balaban J connectivity index is 2.53. The van der Waals surface area contributed by atoms with Crippen LogP contribution in [0.1, 0.15) is 12.8 Å². The molecule has 0 saturated heterocycles. The van der Waals surface area contributed by atoms with Gasteiger partial charge in [0, 0.05) is 17.4 Å². The minimum Gasteiger partial charge on any atom is -0.469 e.